The van der Waals surface area contributed by atoms with Crippen LogP contribution in [0.2, 0.25) is 0 Å². The molecule has 3 aliphatic heterocycles. The Balaban J connectivity index is 0.781. The van der Waals surface area contributed by atoms with Gasteiger partial charge in [-0.15, -0.1) is 11.3 Å². The molecule has 16 heteroatoms. The molecule has 5 aliphatic rings. The van der Waals surface area contributed by atoms with Crippen molar-refractivity contribution in [3.8, 4) is 0 Å². The number of pyridine rings is 1. The first-order valence-corrected chi connectivity index (χ1v) is 23.2. The number of thiazole rings is 1. The third-order valence-corrected chi connectivity index (χ3v) is 15.8. The summed E-state index contributed by atoms with van der Waals surface area (Å²) in [5.41, 5.74) is 2.02. The van der Waals surface area contributed by atoms with Crippen molar-refractivity contribution < 1.29 is 37.8 Å². The molecule has 2 aromatic heterocycles. The number of aliphatic hydroxyl groups excluding tert-OH is 1. The summed E-state index contributed by atoms with van der Waals surface area (Å²) >= 11 is 1.57. The lowest BCUT2D eigenvalue weighted by Gasteiger charge is -2.47. The van der Waals surface area contributed by atoms with Crippen LogP contribution in [0.15, 0.2) is 48.5 Å². The Morgan fingerprint density at radius 2 is 1.65 bits per heavy atom. The monoisotopic (exact) mass is 887 g/mol. The van der Waals surface area contributed by atoms with E-state index in [1.54, 1.807) is 42.2 Å². The molecular formula is C47H56F3N7O5S. The van der Waals surface area contributed by atoms with Crippen molar-refractivity contribution in [1.82, 2.24) is 20.2 Å². The lowest BCUT2D eigenvalue weighted by Crippen LogP contribution is -2.56. The standard InChI is InChI=1S/C47H56F3N7O5S/c1-45(2,62)31-24-34-37(25-33(31)52-41(59)32-7-5-9-38(51-32)47(48,49)50)63-43(53-34)29-12-10-27(11-13-29)26-56-22-20-46(21-23-56)18-16-28(17-19-46)30-6-4-8-35-40(30)55(3)44(61)57(35)36-14-15-39(58)54-42(36)60/h4-9,24-25,27-29,36,44,61-62H,10-23,26H2,1-3H3,(H,52,59)(H,54,58,60). The third-order valence-electron chi connectivity index (χ3n) is 14.7. The summed E-state index contributed by atoms with van der Waals surface area (Å²) in [6.07, 6.45) is 6.28. The molecule has 0 bridgehead atoms. The van der Waals surface area contributed by atoms with E-state index in [0.29, 0.717) is 40.8 Å². The zero-order valence-corrected chi connectivity index (χ0v) is 36.8. The second-order valence-corrected chi connectivity index (χ2v) is 20.2. The molecule has 5 heterocycles. The summed E-state index contributed by atoms with van der Waals surface area (Å²) in [5.74, 6) is -0.0995. The number of rotatable bonds is 8. The van der Waals surface area contributed by atoms with Crippen molar-refractivity contribution in [3.05, 3.63) is 76.1 Å². The van der Waals surface area contributed by atoms with Crippen LogP contribution in [0, 0.1) is 11.3 Å². The van der Waals surface area contributed by atoms with E-state index in [-0.39, 0.29) is 23.9 Å². The fourth-order valence-electron chi connectivity index (χ4n) is 11.1. The Labute approximate surface area is 369 Å². The van der Waals surface area contributed by atoms with Gasteiger partial charge in [-0.2, -0.15) is 13.2 Å². The van der Waals surface area contributed by atoms with Gasteiger partial charge in [-0.05, 0) is 151 Å². The number of anilines is 3. The number of likely N-dealkylation sites (tertiary alicyclic amines) is 1. The number of piperidine rings is 2. The number of hydrogen-bond donors (Lipinski definition) is 4. The molecule has 2 aliphatic carbocycles. The first-order valence-electron chi connectivity index (χ1n) is 22.4. The minimum atomic E-state index is -4.68. The maximum Gasteiger partial charge on any atom is 0.433 e. The molecule has 12 nitrogen and oxygen atoms in total. The highest BCUT2D eigenvalue weighted by atomic mass is 32.1. The van der Waals surface area contributed by atoms with E-state index in [9.17, 15) is 37.8 Å². The Morgan fingerprint density at radius 3 is 2.33 bits per heavy atom. The number of alkyl halides is 3. The van der Waals surface area contributed by atoms with Crippen LogP contribution in [-0.2, 0) is 21.4 Å². The minimum absolute atomic E-state index is 0.258. The van der Waals surface area contributed by atoms with E-state index in [2.05, 4.69) is 26.6 Å². The molecule has 336 valence electrons. The number of halogens is 3. The van der Waals surface area contributed by atoms with Crippen LogP contribution in [0.5, 0.6) is 0 Å². The number of hydrogen-bond acceptors (Lipinski definition) is 11. The van der Waals surface area contributed by atoms with Gasteiger partial charge in [0.1, 0.15) is 17.4 Å². The van der Waals surface area contributed by atoms with Crippen LogP contribution >= 0.6 is 11.3 Å². The fraction of sp³-hybridized carbons (Fsp3) is 0.553. The molecule has 63 heavy (non-hydrogen) atoms. The number of aliphatic hydroxyl groups is 2. The summed E-state index contributed by atoms with van der Waals surface area (Å²) in [5, 5.41) is 28.5. The highest BCUT2D eigenvalue weighted by Crippen LogP contribution is 2.53. The van der Waals surface area contributed by atoms with Gasteiger partial charge in [-0.3, -0.25) is 19.7 Å². The molecule has 1 spiro atoms. The molecule has 4 aromatic rings. The number of amides is 3. The lowest BCUT2D eigenvalue weighted by atomic mass is 9.64. The van der Waals surface area contributed by atoms with E-state index in [4.69, 9.17) is 4.98 Å². The highest BCUT2D eigenvalue weighted by Gasteiger charge is 2.45. The van der Waals surface area contributed by atoms with Gasteiger partial charge < -0.3 is 30.2 Å². The van der Waals surface area contributed by atoms with Gasteiger partial charge >= 0.3 is 6.18 Å². The number of benzene rings is 2. The smallest absolute Gasteiger partial charge is 0.386 e. The topological polar surface area (TPSA) is 151 Å². The third kappa shape index (κ3) is 8.67. The normalized spacial score (nSPS) is 24.8. The van der Waals surface area contributed by atoms with Crippen molar-refractivity contribution in [2.24, 2.45) is 11.3 Å². The second-order valence-electron chi connectivity index (χ2n) is 19.2. The van der Waals surface area contributed by atoms with Crippen LogP contribution in [-0.4, -0.2) is 81.9 Å². The number of imide groups is 1. The number of para-hydroxylation sites is 1. The van der Waals surface area contributed by atoms with E-state index in [1.165, 1.54) is 37.3 Å². The van der Waals surface area contributed by atoms with Crippen LogP contribution in [0.4, 0.5) is 30.2 Å². The summed E-state index contributed by atoms with van der Waals surface area (Å²) in [6.45, 7) is 6.53. The summed E-state index contributed by atoms with van der Waals surface area (Å²) in [7, 11) is 1.89. The second kappa shape index (κ2) is 16.7. The van der Waals surface area contributed by atoms with Gasteiger partial charge in [-0.1, -0.05) is 18.2 Å². The number of fused-ring (bicyclic) bond motifs is 2. The fourth-order valence-corrected chi connectivity index (χ4v) is 12.2. The van der Waals surface area contributed by atoms with Crippen molar-refractivity contribution in [2.75, 3.05) is 41.8 Å². The Bertz CT molecular complexity index is 2390. The molecule has 2 saturated carbocycles. The van der Waals surface area contributed by atoms with Gasteiger partial charge in [-0.25, -0.2) is 9.97 Å². The largest absolute Gasteiger partial charge is 0.433 e. The predicted octanol–water partition coefficient (Wildman–Crippen LogP) is 8.24. The van der Waals surface area contributed by atoms with Crippen LogP contribution in [0.1, 0.15) is 135 Å². The maximum atomic E-state index is 13.3. The summed E-state index contributed by atoms with van der Waals surface area (Å²) in [6, 6.07) is 12.3. The molecule has 2 atom stereocenters. The number of nitrogens with zero attached hydrogens (tertiary/aromatic N) is 5. The molecule has 0 radical (unpaired) electrons. The average molecular weight is 888 g/mol. The average Bonchev–Trinajstić information content (AvgIpc) is 3.78. The SMILES string of the molecule is CN1c2c(C3CCC4(CC3)CCN(CC3CCC(c5nc6cc(C(C)(C)O)c(NC(=O)c7cccc(C(F)(F)F)n7)cc6s5)CC3)CC4)cccc2N(C2CCC(=O)NC2=O)C1O. The maximum absolute atomic E-state index is 13.3. The van der Waals surface area contributed by atoms with E-state index in [0.717, 1.165) is 96.9 Å². The zero-order valence-electron chi connectivity index (χ0n) is 36.0. The first kappa shape index (κ1) is 43.6. The minimum Gasteiger partial charge on any atom is -0.386 e. The molecule has 4 fully saturated rings. The highest BCUT2D eigenvalue weighted by molar-refractivity contribution is 7.18. The van der Waals surface area contributed by atoms with Gasteiger partial charge in [0.05, 0.1) is 32.2 Å². The van der Waals surface area contributed by atoms with Crippen molar-refractivity contribution >= 4 is 56.3 Å². The van der Waals surface area contributed by atoms with Crippen molar-refractivity contribution in [2.45, 2.75) is 127 Å². The molecular weight excluding hydrogens is 832 g/mol. The van der Waals surface area contributed by atoms with E-state index >= 15 is 0 Å². The number of carbonyl (C=O) groups excluding carboxylic acids is 3. The summed E-state index contributed by atoms with van der Waals surface area (Å²) < 4.78 is 40.7. The Hall–Kier alpha value is -4.64. The van der Waals surface area contributed by atoms with Crippen LogP contribution in [0.25, 0.3) is 10.2 Å². The van der Waals surface area contributed by atoms with Crippen LogP contribution in [0.3, 0.4) is 0 Å². The van der Waals surface area contributed by atoms with Crippen LogP contribution < -0.4 is 20.4 Å². The molecule has 2 aromatic carbocycles. The summed E-state index contributed by atoms with van der Waals surface area (Å²) in [4.78, 5) is 52.6. The van der Waals surface area contributed by atoms with Gasteiger partial charge in [0.25, 0.3) is 5.91 Å². The van der Waals surface area contributed by atoms with Crippen molar-refractivity contribution in [1.29, 1.82) is 0 Å². The molecule has 2 saturated heterocycles. The zero-order chi connectivity index (χ0) is 44.4. The lowest BCUT2D eigenvalue weighted by molar-refractivity contribution is -0.141. The number of nitrogens with one attached hydrogen (secondary N) is 2. The first-order chi connectivity index (χ1) is 30.0. The van der Waals surface area contributed by atoms with E-state index in [1.807, 2.05) is 24.1 Å². The molecule has 2 unspecified atom stereocenters. The molecule has 4 N–H and O–H groups in total. The quantitative estimate of drug-likeness (QED) is 0.127. The number of aromatic nitrogens is 2. The molecule has 9 rings (SSSR count). The van der Waals surface area contributed by atoms with Gasteiger partial charge in [0, 0.05) is 37.2 Å². The predicted molar refractivity (Wildman–Crippen MR) is 236 cm³/mol. The Kier molecular flexibility index (Phi) is 11.6. The Morgan fingerprint density at radius 1 is 0.937 bits per heavy atom. The van der Waals surface area contributed by atoms with Crippen molar-refractivity contribution in [3.63, 3.8) is 0 Å². The molecule has 3 amide bonds. The number of carbonyl (C=O) groups is 3. The van der Waals surface area contributed by atoms with Gasteiger partial charge in [0.2, 0.25) is 18.2 Å². The van der Waals surface area contributed by atoms with Gasteiger partial charge in [0.15, 0.2) is 0 Å². The van der Waals surface area contributed by atoms with E-state index < -0.39 is 35.8 Å².